The van der Waals surface area contributed by atoms with Gasteiger partial charge in [0.05, 0.1) is 4.90 Å². The van der Waals surface area contributed by atoms with Crippen molar-refractivity contribution in [1.82, 2.24) is 10.0 Å². The quantitative estimate of drug-likeness (QED) is 0.684. The standard InChI is InChI=1S/C15H23ClN2O2S/c1-2-8-17-11-13-10-14(5-6-15(13)16)21(19,20)18-9-7-12-3-4-12/h5-6,10,12,17-18H,2-4,7-9,11H2,1H3. The summed E-state index contributed by atoms with van der Waals surface area (Å²) in [6.07, 6.45) is 4.42. The summed E-state index contributed by atoms with van der Waals surface area (Å²) in [6.45, 7) is 4.06. The lowest BCUT2D eigenvalue weighted by molar-refractivity contribution is 0.575. The van der Waals surface area contributed by atoms with E-state index in [0.717, 1.165) is 24.9 Å². The molecular weight excluding hydrogens is 308 g/mol. The van der Waals surface area contributed by atoms with Gasteiger partial charge in [0.15, 0.2) is 0 Å². The van der Waals surface area contributed by atoms with Gasteiger partial charge < -0.3 is 5.32 Å². The van der Waals surface area contributed by atoms with E-state index in [9.17, 15) is 8.42 Å². The van der Waals surface area contributed by atoms with Crippen molar-refractivity contribution in [2.75, 3.05) is 13.1 Å². The summed E-state index contributed by atoms with van der Waals surface area (Å²) >= 11 is 6.12. The first kappa shape index (κ1) is 16.7. The van der Waals surface area contributed by atoms with Gasteiger partial charge >= 0.3 is 0 Å². The number of sulfonamides is 1. The molecule has 0 radical (unpaired) electrons. The summed E-state index contributed by atoms with van der Waals surface area (Å²) in [6, 6.07) is 4.87. The van der Waals surface area contributed by atoms with E-state index < -0.39 is 10.0 Å². The van der Waals surface area contributed by atoms with Crippen molar-refractivity contribution in [3.63, 3.8) is 0 Å². The molecule has 1 aromatic rings. The molecule has 0 bridgehead atoms. The van der Waals surface area contributed by atoms with Crippen molar-refractivity contribution in [2.24, 2.45) is 5.92 Å². The smallest absolute Gasteiger partial charge is 0.240 e. The van der Waals surface area contributed by atoms with Crippen LogP contribution in [0.5, 0.6) is 0 Å². The number of hydrogen-bond acceptors (Lipinski definition) is 3. The lowest BCUT2D eigenvalue weighted by Crippen LogP contribution is -2.25. The van der Waals surface area contributed by atoms with E-state index in [2.05, 4.69) is 17.0 Å². The van der Waals surface area contributed by atoms with Crippen LogP contribution in [0.15, 0.2) is 23.1 Å². The summed E-state index contributed by atoms with van der Waals surface area (Å²) in [7, 11) is -3.43. The topological polar surface area (TPSA) is 58.2 Å². The second kappa shape index (κ2) is 7.58. The van der Waals surface area contributed by atoms with Gasteiger partial charge in [-0.05, 0) is 49.1 Å². The Morgan fingerprint density at radius 1 is 1.29 bits per heavy atom. The van der Waals surface area contributed by atoms with Crippen LogP contribution in [0.2, 0.25) is 5.02 Å². The zero-order valence-corrected chi connectivity index (χ0v) is 13.9. The van der Waals surface area contributed by atoms with E-state index >= 15 is 0 Å². The zero-order valence-electron chi connectivity index (χ0n) is 12.4. The van der Waals surface area contributed by atoms with Gasteiger partial charge in [0.1, 0.15) is 0 Å². The molecule has 1 fully saturated rings. The van der Waals surface area contributed by atoms with E-state index in [0.29, 0.717) is 24.0 Å². The van der Waals surface area contributed by atoms with Crippen molar-refractivity contribution in [3.05, 3.63) is 28.8 Å². The number of halogens is 1. The fourth-order valence-corrected chi connectivity index (χ4v) is 3.42. The third kappa shape index (κ3) is 5.25. The van der Waals surface area contributed by atoms with Gasteiger partial charge in [-0.15, -0.1) is 0 Å². The van der Waals surface area contributed by atoms with E-state index in [1.165, 1.54) is 12.8 Å². The highest BCUT2D eigenvalue weighted by molar-refractivity contribution is 7.89. The van der Waals surface area contributed by atoms with Crippen molar-refractivity contribution >= 4 is 21.6 Å². The summed E-state index contributed by atoms with van der Waals surface area (Å²) in [5.74, 6) is 0.715. The Kier molecular flexibility index (Phi) is 6.05. The normalized spacial score (nSPS) is 15.3. The molecule has 2 rings (SSSR count). The maximum absolute atomic E-state index is 12.3. The van der Waals surface area contributed by atoms with Crippen molar-refractivity contribution in [3.8, 4) is 0 Å². The van der Waals surface area contributed by atoms with Crippen LogP contribution in [0.4, 0.5) is 0 Å². The third-order valence-electron chi connectivity index (χ3n) is 3.61. The molecule has 1 aliphatic rings. The molecule has 4 nitrogen and oxygen atoms in total. The molecule has 1 aliphatic carbocycles. The molecule has 0 amide bonds. The molecule has 2 N–H and O–H groups in total. The summed E-state index contributed by atoms with van der Waals surface area (Å²) in [5, 5.41) is 3.83. The predicted octanol–water partition coefficient (Wildman–Crippen LogP) is 2.92. The number of rotatable bonds is 9. The number of nitrogens with one attached hydrogen (secondary N) is 2. The van der Waals surface area contributed by atoms with Crippen LogP contribution in [-0.4, -0.2) is 21.5 Å². The minimum Gasteiger partial charge on any atom is -0.313 e. The molecule has 1 saturated carbocycles. The van der Waals surface area contributed by atoms with Crippen LogP contribution in [-0.2, 0) is 16.6 Å². The highest BCUT2D eigenvalue weighted by Gasteiger charge is 2.22. The Balaban J connectivity index is 2.01. The fourth-order valence-electron chi connectivity index (χ4n) is 2.14. The van der Waals surface area contributed by atoms with Gasteiger partial charge in [0.2, 0.25) is 10.0 Å². The van der Waals surface area contributed by atoms with Gasteiger partial charge in [0, 0.05) is 18.1 Å². The van der Waals surface area contributed by atoms with Crippen LogP contribution >= 0.6 is 11.6 Å². The second-order valence-corrected chi connectivity index (χ2v) is 7.73. The first-order chi connectivity index (χ1) is 10.0. The predicted molar refractivity (Wildman–Crippen MR) is 86.0 cm³/mol. The monoisotopic (exact) mass is 330 g/mol. The minimum absolute atomic E-state index is 0.288. The van der Waals surface area contributed by atoms with Crippen LogP contribution < -0.4 is 10.0 Å². The van der Waals surface area contributed by atoms with E-state index in [1.807, 2.05) is 0 Å². The Bertz CT molecular complexity index is 571. The first-order valence-corrected chi connectivity index (χ1v) is 9.38. The lowest BCUT2D eigenvalue weighted by atomic mass is 10.2. The Labute approximate surface area is 132 Å². The van der Waals surface area contributed by atoms with E-state index in [4.69, 9.17) is 11.6 Å². The van der Waals surface area contributed by atoms with Crippen LogP contribution in [0.25, 0.3) is 0 Å². The molecule has 1 aromatic carbocycles. The Morgan fingerprint density at radius 3 is 2.71 bits per heavy atom. The lowest BCUT2D eigenvalue weighted by Gasteiger charge is -2.10. The highest BCUT2D eigenvalue weighted by atomic mass is 35.5. The molecule has 0 saturated heterocycles. The molecule has 0 heterocycles. The number of hydrogen-bond donors (Lipinski definition) is 2. The van der Waals surface area contributed by atoms with Crippen LogP contribution in [0.1, 0.15) is 38.2 Å². The van der Waals surface area contributed by atoms with Gasteiger partial charge in [0.25, 0.3) is 0 Å². The fraction of sp³-hybridized carbons (Fsp3) is 0.600. The van der Waals surface area contributed by atoms with Crippen molar-refractivity contribution in [1.29, 1.82) is 0 Å². The molecule has 0 aromatic heterocycles. The summed E-state index contributed by atoms with van der Waals surface area (Å²) < 4.78 is 27.2. The van der Waals surface area contributed by atoms with E-state index in [-0.39, 0.29) is 4.90 Å². The van der Waals surface area contributed by atoms with Crippen molar-refractivity contribution in [2.45, 2.75) is 44.0 Å². The minimum atomic E-state index is -3.43. The van der Waals surface area contributed by atoms with Gasteiger partial charge in [-0.25, -0.2) is 13.1 Å². The Hall–Kier alpha value is -0.620. The molecule has 118 valence electrons. The first-order valence-electron chi connectivity index (χ1n) is 7.51. The molecule has 21 heavy (non-hydrogen) atoms. The summed E-state index contributed by atoms with van der Waals surface area (Å²) in [5.41, 5.74) is 0.815. The average molecular weight is 331 g/mol. The third-order valence-corrected chi connectivity index (χ3v) is 5.44. The van der Waals surface area contributed by atoms with Gasteiger partial charge in [-0.1, -0.05) is 31.4 Å². The maximum atomic E-state index is 12.3. The molecular formula is C15H23ClN2O2S. The van der Waals surface area contributed by atoms with Gasteiger partial charge in [-0.2, -0.15) is 0 Å². The van der Waals surface area contributed by atoms with Crippen molar-refractivity contribution < 1.29 is 8.42 Å². The summed E-state index contributed by atoms with van der Waals surface area (Å²) in [4.78, 5) is 0.288. The largest absolute Gasteiger partial charge is 0.313 e. The number of benzene rings is 1. The molecule has 0 aliphatic heterocycles. The zero-order chi connectivity index (χ0) is 15.3. The average Bonchev–Trinajstić information content (AvgIpc) is 3.25. The van der Waals surface area contributed by atoms with Gasteiger partial charge in [-0.3, -0.25) is 0 Å². The molecule has 0 spiro atoms. The Morgan fingerprint density at radius 2 is 2.05 bits per heavy atom. The highest BCUT2D eigenvalue weighted by Crippen LogP contribution is 2.31. The van der Waals surface area contributed by atoms with Crippen LogP contribution in [0, 0.1) is 5.92 Å². The maximum Gasteiger partial charge on any atom is 0.240 e. The van der Waals surface area contributed by atoms with E-state index in [1.54, 1.807) is 18.2 Å². The van der Waals surface area contributed by atoms with Crippen LogP contribution in [0.3, 0.4) is 0 Å². The molecule has 0 atom stereocenters. The molecule has 6 heteroatoms. The second-order valence-electron chi connectivity index (χ2n) is 5.56. The molecule has 0 unspecified atom stereocenters. The SMILES string of the molecule is CCCNCc1cc(S(=O)(=O)NCCC2CC2)ccc1Cl.